The van der Waals surface area contributed by atoms with E-state index in [4.69, 9.17) is 4.99 Å². The van der Waals surface area contributed by atoms with E-state index >= 15 is 0 Å². The van der Waals surface area contributed by atoms with E-state index in [0.717, 1.165) is 6.54 Å². The van der Waals surface area contributed by atoms with Crippen LogP contribution >= 0.6 is 0 Å². The summed E-state index contributed by atoms with van der Waals surface area (Å²) >= 11 is 0. The maximum absolute atomic E-state index is 5.19. The summed E-state index contributed by atoms with van der Waals surface area (Å²) in [5.74, 6) is 0. The standard InChI is InChI=1S/C29H24N2/c1-4-12-22(13-5-1)20-30-27-25-18-10-11-19-26(25)29(24-16-8-3-9-17-24)28(27)31(29)21-23-14-6-2-7-15-23/h1-19,28H,20-21H2/t28-,29-,31?/m1/s1. The van der Waals surface area contributed by atoms with Gasteiger partial charge in [-0.25, -0.2) is 0 Å². The Morgan fingerprint density at radius 3 is 1.94 bits per heavy atom. The summed E-state index contributed by atoms with van der Waals surface area (Å²) in [5, 5.41) is 0. The molecular weight excluding hydrogens is 376 g/mol. The van der Waals surface area contributed by atoms with Gasteiger partial charge < -0.3 is 0 Å². The second-order valence-electron chi connectivity index (χ2n) is 8.38. The molecule has 1 saturated heterocycles. The van der Waals surface area contributed by atoms with E-state index in [-0.39, 0.29) is 11.6 Å². The average Bonchev–Trinajstić information content (AvgIpc) is 3.38. The molecule has 6 rings (SSSR count). The Morgan fingerprint density at radius 1 is 0.645 bits per heavy atom. The van der Waals surface area contributed by atoms with Crippen molar-refractivity contribution in [3.63, 3.8) is 0 Å². The zero-order valence-electron chi connectivity index (χ0n) is 17.4. The summed E-state index contributed by atoms with van der Waals surface area (Å²) in [7, 11) is 0. The summed E-state index contributed by atoms with van der Waals surface area (Å²) in [4.78, 5) is 7.81. The second kappa shape index (κ2) is 7.33. The predicted molar refractivity (Wildman–Crippen MR) is 126 cm³/mol. The van der Waals surface area contributed by atoms with Crippen LogP contribution in [-0.4, -0.2) is 16.7 Å². The second-order valence-corrected chi connectivity index (χ2v) is 8.38. The highest BCUT2D eigenvalue weighted by Crippen LogP contribution is 2.62. The third-order valence-corrected chi connectivity index (χ3v) is 6.65. The van der Waals surface area contributed by atoms with Crippen molar-refractivity contribution in [2.75, 3.05) is 0 Å². The van der Waals surface area contributed by atoms with Crippen LogP contribution in [0.5, 0.6) is 0 Å². The first-order valence-electron chi connectivity index (χ1n) is 10.9. The molecule has 0 aromatic heterocycles. The Hall–Kier alpha value is -3.49. The van der Waals surface area contributed by atoms with Gasteiger partial charge in [-0.1, -0.05) is 115 Å². The van der Waals surface area contributed by atoms with Crippen LogP contribution in [0.1, 0.15) is 27.8 Å². The van der Waals surface area contributed by atoms with Crippen LogP contribution in [-0.2, 0) is 18.6 Å². The number of hydrogen-bond donors (Lipinski definition) is 0. The van der Waals surface area contributed by atoms with Gasteiger partial charge in [0, 0.05) is 12.1 Å². The largest absolute Gasteiger partial charge is 0.283 e. The lowest BCUT2D eigenvalue weighted by Crippen LogP contribution is -2.19. The van der Waals surface area contributed by atoms with Crippen LogP contribution in [0.25, 0.3) is 0 Å². The van der Waals surface area contributed by atoms with Crippen LogP contribution < -0.4 is 0 Å². The van der Waals surface area contributed by atoms with Gasteiger partial charge in [0.2, 0.25) is 0 Å². The van der Waals surface area contributed by atoms with Gasteiger partial charge in [-0.15, -0.1) is 0 Å². The van der Waals surface area contributed by atoms with E-state index in [9.17, 15) is 0 Å². The van der Waals surface area contributed by atoms with E-state index < -0.39 is 0 Å². The van der Waals surface area contributed by atoms with Crippen LogP contribution in [0.4, 0.5) is 0 Å². The molecule has 0 amide bonds. The molecule has 4 aromatic rings. The van der Waals surface area contributed by atoms with Gasteiger partial charge >= 0.3 is 0 Å². The van der Waals surface area contributed by atoms with Crippen molar-refractivity contribution < 1.29 is 0 Å². The predicted octanol–water partition coefficient (Wildman–Crippen LogP) is 5.82. The number of aliphatic imine (C=N–C) groups is 1. The van der Waals surface area contributed by atoms with Crippen LogP contribution in [0, 0.1) is 0 Å². The van der Waals surface area contributed by atoms with E-state index in [1.54, 1.807) is 0 Å². The van der Waals surface area contributed by atoms with Crippen LogP contribution in [0.2, 0.25) is 0 Å². The highest BCUT2D eigenvalue weighted by molar-refractivity contribution is 6.14. The van der Waals surface area contributed by atoms with Crippen molar-refractivity contribution in [2.45, 2.75) is 24.7 Å². The summed E-state index contributed by atoms with van der Waals surface area (Å²) in [6.45, 7) is 1.63. The first kappa shape index (κ1) is 18.3. The minimum Gasteiger partial charge on any atom is -0.283 e. The molecule has 0 bridgehead atoms. The molecule has 2 heteroatoms. The quantitative estimate of drug-likeness (QED) is 0.386. The maximum atomic E-state index is 5.19. The number of benzene rings is 4. The molecule has 4 aromatic carbocycles. The molecule has 1 aliphatic carbocycles. The molecule has 1 unspecified atom stereocenters. The third-order valence-electron chi connectivity index (χ3n) is 6.65. The van der Waals surface area contributed by atoms with Crippen molar-refractivity contribution in [3.8, 4) is 0 Å². The number of fused-ring (bicyclic) bond motifs is 3. The molecule has 0 spiro atoms. The van der Waals surface area contributed by atoms with Gasteiger partial charge in [0.15, 0.2) is 0 Å². The van der Waals surface area contributed by atoms with Crippen molar-refractivity contribution >= 4 is 5.71 Å². The van der Waals surface area contributed by atoms with Crippen molar-refractivity contribution in [1.29, 1.82) is 0 Å². The first-order chi connectivity index (χ1) is 15.4. The molecule has 2 nitrogen and oxygen atoms in total. The summed E-state index contributed by atoms with van der Waals surface area (Å²) in [5.41, 5.74) is 7.73. The fraction of sp³-hybridized carbons (Fsp3) is 0.138. The van der Waals surface area contributed by atoms with E-state index in [2.05, 4.69) is 120 Å². The fourth-order valence-electron chi connectivity index (χ4n) is 5.28. The Kier molecular flexibility index (Phi) is 4.33. The summed E-state index contributed by atoms with van der Waals surface area (Å²) in [6, 6.07) is 41.4. The van der Waals surface area contributed by atoms with Crippen LogP contribution in [0.15, 0.2) is 120 Å². The summed E-state index contributed by atoms with van der Waals surface area (Å²) < 4.78 is 0. The number of hydrogen-bond acceptors (Lipinski definition) is 2. The zero-order valence-corrected chi connectivity index (χ0v) is 17.4. The van der Waals surface area contributed by atoms with Gasteiger partial charge in [0.1, 0.15) is 0 Å². The lowest BCUT2D eigenvalue weighted by molar-refractivity contribution is 0.439. The Balaban J connectivity index is 1.47. The maximum Gasteiger partial charge on any atom is 0.0947 e. The lowest BCUT2D eigenvalue weighted by atomic mass is 9.91. The Labute approximate surface area is 183 Å². The first-order valence-corrected chi connectivity index (χ1v) is 10.9. The normalized spacial score (nSPS) is 24.6. The minimum absolute atomic E-state index is 0.122. The van der Waals surface area contributed by atoms with Gasteiger partial charge in [-0.05, 0) is 22.3 Å². The molecule has 1 aliphatic heterocycles. The monoisotopic (exact) mass is 400 g/mol. The summed E-state index contributed by atoms with van der Waals surface area (Å²) in [6.07, 6.45) is 0. The van der Waals surface area contributed by atoms with Gasteiger partial charge in [0.05, 0.1) is 23.8 Å². The molecule has 0 N–H and O–H groups in total. The SMILES string of the molecule is c1ccc(CN=C2c3ccccc3[C@]3(c4ccccc4)[C@@H]2N3Cc2ccccc2)cc1. The van der Waals surface area contributed by atoms with E-state index in [1.165, 1.54) is 33.5 Å². The molecule has 3 atom stereocenters. The minimum atomic E-state index is -0.122. The Bertz CT molecular complexity index is 1230. The molecule has 1 fully saturated rings. The lowest BCUT2D eigenvalue weighted by Gasteiger charge is -2.20. The molecule has 0 saturated carbocycles. The van der Waals surface area contributed by atoms with E-state index in [0.29, 0.717) is 6.54 Å². The average molecular weight is 401 g/mol. The molecule has 2 aliphatic rings. The highest BCUT2D eigenvalue weighted by atomic mass is 15.4. The number of nitrogens with zero attached hydrogens (tertiary/aromatic N) is 2. The molecule has 1 heterocycles. The topological polar surface area (TPSA) is 15.4 Å². The van der Waals surface area contributed by atoms with E-state index in [1.807, 2.05) is 0 Å². The molecule has 31 heavy (non-hydrogen) atoms. The van der Waals surface area contributed by atoms with Crippen molar-refractivity contribution in [3.05, 3.63) is 143 Å². The zero-order chi connectivity index (χ0) is 20.7. The Morgan fingerprint density at radius 2 is 1.23 bits per heavy atom. The smallest absolute Gasteiger partial charge is 0.0947 e. The van der Waals surface area contributed by atoms with Crippen LogP contribution in [0.3, 0.4) is 0 Å². The third kappa shape index (κ3) is 2.87. The number of rotatable bonds is 5. The highest BCUT2D eigenvalue weighted by Gasteiger charge is 2.71. The van der Waals surface area contributed by atoms with Crippen molar-refractivity contribution in [1.82, 2.24) is 4.90 Å². The molecule has 0 radical (unpaired) electrons. The molecule has 150 valence electrons. The van der Waals surface area contributed by atoms with Gasteiger partial charge in [0.25, 0.3) is 0 Å². The van der Waals surface area contributed by atoms with Gasteiger partial charge in [-0.2, -0.15) is 0 Å². The van der Waals surface area contributed by atoms with Crippen molar-refractivity contribution in [2.24, 2.45) is 4.99 Å². The fourth-order valence-corrected chi connectivity index (χ4v) is 5.28. The molecular formula is C29H24N2. The van der Waals surface area contributed by atoms with Gasteiger partial charge in [-0.3, -0.25) is 9.89 Å².